The number of hydrogen-bond donors (Lipinski definition) is 2. The van der Waals surface area contributed by atoms with Gasteiger partial charge in [0.2, 0.25) is 10.0 Å². The maximum atomic E-state index is 13.2. The fourth-order valence-corrected chi connectivity index (χ4v) is 3.68. The van der Waals surface area contributed by atoms with Crippen LogP contribution in [0.15, 0.2) is 23.1 Å². The van der Waals surface area contributed by atoms with Gasteiger partial charge in [0.1, 0.15) is 11.9 Å². The zero-order valence-electron chi connectivity index (χ0n) is 10.8. The van der Waals surface area contributed by atoms with E-state index in [-0.39, 0.29) is 22.5 Å². The van der Waals surface area contributed by atoms with Crippen molar-refractivity contribution in [2.24, 2.45) is 5.73 Å². The molecule has 1 aliphatic rings. The van der Waals surface area contributed by atoms with Gasteiger partial charge in [-0.2, -0.15) is 5.26 Å². The number of nitrogens with one attached hydrogen (secondary N) is 1. The molecule has 3 N–H and O–H groups in total. The lowest BCUT2D eigenvalue weighted by Crippen LogP contribution is -2.49. The second-order valence-corrected chi connectivity index (χ2v) is 6.64. The van der Waals surface area contributed by atoms with Crippen LogP contribution in [0, 0.1) is 17.1 Å². The number of nitrogens with two attached hydrogens (primary N) is 1. The first-order valence-electron chi connectivity index (χ1n) is 6.41. The van der Waals surface area contributed by atoms with Crippen molar-refractivity contribution < 1.29 is 12.8 Å². The first-order valence-corrected chi connectivity index (χ1v) is 7.90. The second kappa shape index (κ2) is 5.87. The number of rotatable bonds is 3. The number of sulfonamides is 1. The largest absolute Gasteiger partial charge is 0.326 e. The van der Waals surface area contributed by atoms with Crippen molar-refractivity contribution in [1.29, 1.82) is 5.26 Å². The summed E-state index contributed by atoms with van der Waals surface area (Å²) in [4.78, 5) is -0.117. The van der Waals surface area contributed by atoms with E-state index < -0.39 is 15.8 Å². The van der Waals surface area contributed by atoms with Crippen molar-refractivity contribution >= 4 is 10.0 Å². The van der Waals surface area contributed by atoms with Crippen molar-refractivity contribution in [2.45, 2.75) is 42.7 Å². The molecule has 1 saturated carbocycles. The zero-order chi connectivity index (χ0) is 14.8. The summed E-state index contributed by atoms with van der Waals surface area (Å²) in [6.45, 7) is 0. The first-order chi connectivity index (χ1) is 9.44. The third-order valence-corrected chi connectivity index (χ3v) is 4.98. The van der Waals surface area contributed by atoms with E-state index in [0.29, 0.717) is 6.42 Å². The summed E-state index contributed by atoms with van der Waals surface area (Å²) in [5.41, 5.74) is 5.61. The number of halogens is 1. The van der Waals surface area contributed by atoms with Gasteiger partial charge in [0.05, 0.1) is 10.5 Å². The molecule has 0 heterocycles. The van der Waals surface area contributed by atoms with Crippen LogP contribution in [-0.2, 0) is 10.0 Å². The molecule has 0 aliphatic heterocycles. The van der Waals surface area contributed by atoms with Crippen LogP contribution in [0.25, 0.3) is 0 Å². The van der Waals surface area contributed by atoms with Crippen LogP contribution in [-0.4, -0.2) is 20.5 Å². The van der Waals surface area contributed by atoms with E-state index in [1.165, 1.54) is 0 Å². The molecule has 2 unspecified atom stereocenters. The Labute approximate surface area is 117 Å². The fraction of sp³-hybridized carbons (Fsp3) is 0.462. The van der Waals surface area contributed by atoms with E-state index in [1.807, 2.05) is 0 Å². The highest BCUT2D eigenvalue weighted by Gasteiger charge is 2.27. The highest BCUT2D eigenvalue weighted by molar-refractivity contribution is 7.89. The van der Waals surface area contributed by atoms with Gasteiger partial charge in [0.15, 0.2) is 0 Å². The van der Waals surface area contributed by atoms with Crippen molar-refractivity contribution in [3.63, 3.8) is 0 Å². The predicted octanol–water partition coefficient (Wildman–Crippen LogP) is 1.25. The Morgan fingerprint density at radius 1 is 1.35 bits per heavy atom. The van der Waals surface area contributed by atoms with Gasteiger partial charge >= 0.3 is 0 Å². The Hall–Kier alpha value is -1.49. The molecule has 0 spiro atoms. The summed E-state index contributed by atoms with van der Waals surface area (Å²) in [6, 6.07) is 4.26. The molecule has 1 aromatic carbocycles. The Bertz CT molecular complexity index is 640. The summed E-state index contributed by atoms with van der Waals surface area (Å²) in [7, 11) is -3.79. The molecule has 1 fully saturated rings. The molecule has 2 rings (SSSR count). The summed E-state index contributed by atoms with van der Waals surface area (Å²) < 4.78 is 40.2. The maximum absolute atomic E-state index is 13.2. The summed E-state index contributed by atoms with van der Waals surface area (Å²) in [6.07, 6.45) is 3.38. The summed E-state index contributed by atoms with van der Waals surface area (Å²) in [5.74, 6) is -0.735. The number of nitrogens with zero attached hydrogens (tertiary/aromatic N) is 1. The Balaban J connectivity index is 2.24. The molecule has 1 aromatic rings. The molecule has 108 valence electrons. The molecule has 0 radical (unpaired) electrons. The molecule has 0 saturated heterocycles. The number of hydrogen-bond acceptors (Lipinski definition) is 4. The molecule has 2 atom stereocenters. The monoisotopic (exact) mass is 297 g/mol. The van der Waals surface area contributed by atoms with Gasteiger partial charge in [-0.25, -0.2) is 17.5 Å². The smallest absolute Gasteiger partial charge is 0.240 e. The lowest BCUT2D eigenvalue weighted by atomic mass is 9.92. The van der Waals surface area contributed by atoms with E-state index in [9.17, 15) is 12.8 Å². The highest BCUT2D eigenvalue weighted by Crippen LogP contribution is 2.20. The van der Waals surface area contributed by atoms with Crippen molar-refractivity contribution in [2.75, 3.05) is 0 Å². The Morgan fingerprint density at radius 3 is 2.70 bits per heavy atom. The van der Waals surface area contributed by atoms with Gasteiger partial charge in [-0.3, -0.25) is 0 Å². The number of nitriles is 1. The van der Waals surface area contributed by atoms with E-state index in [1.54, 1.807) is 6.07 Å². The minimum atomic E-state index is -3.79. The molecule has 1 aliphatic carbocycles. The zero-order valence-corrected chi connectivity index (χ0v) is 11.7. The quantitative estimate of drug-likeness (QED) is 0.877. The normalized spacial score (nSPS) is 23.2. The van der Waals surface area contributed by atoms with Gasteiger partial charge in [-0.1, -0.05) is 12.8 Å². The van der Waals surface area contributed by atoms with Gasteiger partial charge in [-0.15, -0.1) is 0 Å². The van der Waals surface area contributed by atoms with E-state index in [4.69, 9.17) is 11.0 Å². The average molecular weight is 297 g/mol. The van der Waals surface area contributed by atoms with Gasteiger partial charge < -0.3 is 5.73 Å². The van der Waals surface area contributed by atoms with E-state index in [0.717, 1.165) is 37.5 Å². The average Bonchev–Trinajstić information content (AvgIpc) is 2.41. The van der Waals surface area contributed by atoms with Crippen LogP contribution in [0.5, 0.6) is 0 Å². The van der Waals surface area contributed by atoms with E-state index in [2.05, 4.69) is 4.72 Å². The predicted molar refractivity (Wildman–Crippen MR) is 71.7 cm³/mol. The van der Waals surface area contributed by atoms with Crippen LogP contribution in [0.1, 0.15) is 31.2 Å². The van der Waals surface area contributed by atoms with Crippen LogP contribution >= 0.6 is 0 Å². The molecular formula is C13H16FN3O2S. The molecular weight excluding hydrogens is 281 g/mol. The van der Waals surface area contributed by atoms with Gasteiger partial charge in [-0.05, 0) is 31.0 Å². The topological polar surface area (TPSA) is 96.0 Å². The van der Waals surface area contributed by atoms with Crippen LogP contribution in [0.3, 0.4) is 0 Å². The molecule has 0 aromatic heterocycles. The Morgan fingerprint density at radius 2 is 2.05 bits per heavy atom. The Kier molecular flexibility index (Phi) is 4.38. The third-order valence-electron chi connectivity index (χ3n) is 3.49. The first kappa shape index (κ1) is 14.9. The van der Waals surface area contributed by atoms with E-state index >= 15 is 0 Å². The lowest BCUT2D eigenvalue weighted by molar-refractivity contribution is 0.361. The van der Waals surface area contributed by atoms with Crippen molar-refractivity contribution in [1.82, 2.24) is 4.72 Å². The van der Waals surface area contributed by atoms with Crippen LogP contribution < -0.4 is 10.5 Å². The molecule has 5 nitrogen and oxygen atoms in total. The number of benzene rings is 1. The van der Waals surface area contributed by atoms with Crippen LogP contribution in [0.4, 0.5) is 4.39 Å². The standard InChI is InChI=1S/C13H16FN3O2S/c14-11-6-5-10(7-9(11)8-15)20(18,19)17-13-4-2-1-3-12(13)16/h5-7,12-13,17H,1-4,16H2. The summed E-state index contributed by atoms with van der Waals surface area (Å²) >= 11 is 0. The molecule has 0 amide bonds. The second-order valence-electron chi connectivity index (χ2n) is 4.93. The highest BCUT2D eigenvalue weighted by atomic mass is 32.2. The van der Waals surface area contributed by atoms with Crippen LogP contribution in [0.2, 0.25) is 0 Å². The molecule has 7 heteroatoms. The van der Waals surface area contributed by atoms with Crippen molar-refractivity contribution in [3.05, 3.63) is 29.6 Å². The molecule has 20 heavy (non-hydrogen) atoms. The fourth-order valence-electron chi connectivity index (χ4n) is 2.33. The summed E-state index contributed by atoms with van der Waals surface area (Å²) in [5, 5.41) is 8.75. The van der Waals surface area contributed by atoms with Gasteiger partial charge in [0, 0.05) is 12.1 Å². The SMILES string of the molecule is N#Cc1cc(S(=O)(=O)NC2CCCCC2N)ccc1F. The third kappa shape index (κ3) is 3.15. The minimum Gasteiger partial charge on any atom is -0.326 e. The lowest BCUT2D eigenvalue weighted by Gasteiger charge is -2.29. The maximum Gasteiger partial charge on any atom is 0.240 e. The van der Waals surface area contributed by atoms with Gasteiger partial charge in [0.25, 0.3) is 0 Å². The molecule has 0 bridgehead atoms. The minimum absolute atomic E-state index is 0.117. The van der Waals surface area contributed by atoms with Crippen molar-refractivity contribution in [3.8, 4) is 6.07 Å².